The number of likely N-dealkylation sites (tertiary alicyclic amines) is 1. The van der Waals surface area contributed by atoms with Gasteiger partial charge in [0, 0.05) is 25.5 Å². The van der Waals surface area contributed by atoms with Crippen molar-refractivity contribution in [3.63, 3.8) is 0 Å². The van der Waals surface area contributed by atoms with E-state index in [-0.39, 0.29) is 28.7 Å². The van der Waals surface area contributed by atoms with Gasteiger partial charge in [0.15, 0.2) is 11.5 Å². The van der Waals surface area contributed by atoms with Gasteiger partial charge in [-0.15, -0.1) is 0 Å². The van der Waals surface area contributed by atoms with Gasteiger partial charge in [-0.05, 0) is 55.9 Å². The van der Waals surface area contributed by atoms with Crippen LogP contribution in [0.3, 0.4) is 0 Å². The number of pyridine rings is 2. The fraction of sp³-hybridized carbons (Fsp3) is 0.375. The van der Waals surface area contributed by atoms with E-state index in [1.54, 1.807) is 24.1 Å². The molecule has 11 heteroatoms. The maximum absolute atomic E-state index is 14.5. The number of rotatable bonds is 5. The lowest BCUT2D eigenvalue weighted by Gasteiger charge is -2.39. The number of nitrogens with one attached hydrogen (secondary N) is 1. The fourth-order valence-electron chi connectivity index (χ4n) is 5.07. The molecule has 2 unspecified atom stereocenters. The van der Waals surface area contributed by atoms with Gasteiger partial charge in [-0.25, -0.2) is 14.4 Å². The molecule has 0 spiro atoms. The zero-order chi connectivity index (χ0) is 24.8. The third kappa shape index (κ3) is 4.30. The monoisotopic (exact) mass is 486 g/mol. The maximum atomic E-state index is 14.5. The van der Waals surface area contributed by atoms with Gasteiger partial charge in [0.2, 0.25) is 0 Å². The molecule has 1 amide bonds. The van der Waals surface area contributed by atoms with E-state index in [9.17, 15) is 22.4 Å². The van der Waals surface area contributed by atoms with Crippen molar-refractivity contribution in [1.29, 1.82) is 0 Å². The number of aromatic nitrogens is 4. The molecule has 0 aromatic carbocycles. The van der Waals surface area contributed by atoms with E-state index >= 15 is 0 Å². The minimum absolute atomic E-state index is 0.00686. The third-order valence-corrected chi connectivity index (χ3v) is 6.72. The molecule has 5 rings (SSSR count). The van der Waals surface area contributed by atoms with Crippen LogP contribution in [0.25, 0.3) is 11.4 Å². The molecule has 0 radical (unpaired) electrons. The first-order chi connectivity index (χ1) is 16.7. The Kier molecular flexibility index (Phi) is 5.65. The number of hydrogen-bond acceptors (Lipinski definition) is 6. The number of piperidine rings is 1. The Morgan fingerprint density at radius 1 is 1.17 bits per heavy atom. The smallest absolute Gasteiger partial charge is 0.366 e. The first-order valence-corrected chi connectivity index (χ1v) is 11.2. The number of carbonyl (C=O) groups is 1. The summed E-state index contributed by atoms with van der Waals surface area (Å²) in [4.78, 5) is 31.3. The summed E-state index contributed by atoms with van der Waals surface area (Å²) in [6.07, 6.45) is 2.60. The zero-order valence-electron chi connectivity index (χ0n) is 18.8. The number of carbonyl (C=O) groups excluding carboxylic acids is 1. The molecule has 1 saturated heterocycles. The normalized spacial score (nSPS) is 21.4. The number of fused-ring (bicyclic) bond motifs is 2. The first-order valence-electron chi connectivity index (χ1n) is 11.2. The molecule has 3 aromatic rings. The molecule has 1 aliphatic heterocycles. The SMILES string of the molecule is Cc1cnc(-c2ncccc2F)c(C(=O)N2CC3CCC2(CNc2cnc(C(F)(F)F)cn2)C3)c1. The van der Waals surface area contributed by atoms with Crippen molar-refractivity contribution in [3.8, 4) is 11.4 Å². The number of nitrogens with zero attached hydrogens (tertiary/aromatic N) is 5. The second-order valence-electron chi connectivity index (χ2n) is 9.13. The Morgan fingerprint density at radius 2 is 2.00 bits per heavy atom. The Morgan fingerprint density at radius 3 is 2.69 bits per heavy atom. The highest BCUT2D eigenvalue weighted by Gasteiger charge is 2.53. The largest absolute Gasteiger partial charge is 0.434 e. The molecule has 3 aromatic heterocycles. The highest BCUT2D eigenvalue weighted by molar-refractivity contribution is 6.00. The van der Waals surface area contributed by atoms with Crippen LogP contribution in [-0.2, 0) is 6.18 Å². The number of anilines is 1. The van der Waals surface area contributed by atoms with Crippen molar-refractivity contribution in [2.75, 3.05) is 18.4 Å². The minimum Gasteiger partial charge on any atom is -0.366 e. The standard InChI is InChI=1S/C24H22F4N6O/c1-14-7-16(20(32-9-14)21-17(25)3-2-6-29-21)22(35)34-12-15-4-5-23(34,8-15)13-33-19-11-30-18(10-31-19)24(26,27)28/h2-3,6-7,9-11,15H,4-5,8,12-13H2,1H3,(H,31,33). The summed E-state index contributed by atoms with van der Waals surface area (Å²) in [5.74, 6) is -0.335. The van der Waals surface area contributed by atoms with Crippen LogP contribution in [0.2, 0.25) is 0 Å². The van der Waals surface area contributed by atoms with E-state index < -0.39 is 23.2 Å². The number of halogens is 4. The van der Waals surface area contributed by atoms with Crippen molar-refractivity contribution in [1.82, 2.24) is 24.8 Å². The fourth-order valence-corrected chi connectivity index (χ4v) is 5.07. The summed E-state index contributed by atoms with van der Waals surface area (Å²) in [5.41, 5.74) is -0.406. The van der Waals surface area contributed by atoms with E-state index in [4.69, 9.17) is 0 Å². The Balaban J connectivity index is 1.42. The molecular weight excluding hydrogens is 464 g/mol. The second-order valence-corrected chi connectivity index (χ2v) is 9.13. The molecule has 2 fully saturated rings. The lowest BCUT2D eigenvalue weighted by Crippen LogP contribution is -2.52. The summed E-state index contributed by atoms with van der Waals surface area (Å²) in [7, 11) is 0. The number of aryl methyl sites for hydroxylation is 1. The van der Waals surface area contributed by atoms with Gasteiger partial charge in [0.1, 0.15) is 17.2 Å². The van der Waals surface area contributed by atoms with Crippen LogP contribution in [-0.4, -0.2) is 49.4 Å². The van der Waals surface area contributed by atoms with Crippen molar-refractivity contribution in [2.24, 2.45) is 5.92 Å². The molecule has 1 N–H and O–H groups in total. The number of hydrogen-bond donors (Lipinski definition) is 1. The van der Waals surface area contributed by atoms with Crippen LogP contribution >= 0.6 is 0 Å². The molecule has 1 aliphatic carbocycles. The maximum Gasteiger partial charge on any atom is 0.434 e. The van der Waals surface area contributed by atoms with Crippen LogP contribution < -0.4 is 5.32 Å². The van der Waals surface area contributed by atoms with Crippen molar-refractivity contribution in [3.05, 3.63) is 65.6 Å². The van der Waals surface area contributed by atoms with E-state index in [1.165, 1.54) is 18.3 Å². The van der Waals surface area contributed by atoms with E-state index in [1.807, 2.05) is 0 Å². The molecule has 35 heavy (non-hydrogen) atoms. The Labute approximate surface area is 198 Å². The Hall–Kier alpha value is -3.63. The molecular formula is C24H22F4N6O. The van der Waals surface area contributed by atoms with Gasteiger partial charge < -0.3 is 10.2 Å². The summed E-state index contributed by atoms with van der Waals surface area (Å²) in [6, 6.07) is 4.43. The highest BCUT2D eigenvalue weighted by Crippen LogP contribution is 2.47. The van der Waals surface area contributed by atoms with Crippen molar-refractivity contribution >= 4 is 11.7 Å². The number of amides is 1. The second kappa shape index (κ2) is 8.54. The summed E-state index contributed by atoms with van der Waals surface area (Å²) >= 11 is 0. The van der Waals surface area contributed by atoms with Gasteiger partial charge in [-0.2, -0.15) is 13.2 Å². The summed E-state index contributed by atoms with van der Waals surface area (Å²) < 4.78 is 52.9. The predicted octanol–water partition coefficient (Wildman–Crippen LogP) is 4.51. The van der Waals surface area contributed by atoms with Crippen LogP contribution in [0, 0.1) is 18.7 Å². The number of alkyl halides is 3. The van der Waals surface area contributed by atoms with Crippen LogP contribution in [0.1, 0.15) is 40.9 Å². The molecule has 182 valence electrons. The summed E-state index contributed by atoms with van der Waals surface area (Å²) in [6.45, 7) is 2.65. The zero-order valence-corrected chi connectivity index (χ0v) is 18.8. The molecule has 2 bridgehead atoms. The molecule has 1 saturated carbocycles. The van der Waals surface area contributed by atoms with Gasteiger partial charge >= 0.3 is 6.18 Å². The van der Waals surface area contributed by atoms with Crippen molar-refractivity contribution in [2.45, 2.75) is 37.9 Å². The lowest BCUT2D eigenvalue weighted by atomic mass is 9.95. The topological polar surface area (TPSA) is 83.9 Å². The summed E-state index contributed by atoms with van der Waals surface area (Å²) in [5, 5.41) is 3.06. The third-order valence-electron chi connectivity index (χ3n) is 6.72. The van der Waals surface area contributed by atoms with Crippen LogP contribution in [0.15, 0.2) is 43.0 Å². The van der Waals surface area contributed by atoms with Crippen LogP contribution in [0.5, 0.6) is 0 Å². The van der Waals surface area contributed by atoms with Gasteiger partial charge in [-0.3, -0.25) is 14.8 Å². The molecule has 4 heterocycles. The first kappa shape index (κ1) is 23.1. The quantitative estimate of drug-likeness (QED) is 0.535. The molecule has 7 nitrogen and oxygen atoms in total. The van der Waals surface area contributed by atoms with E-state index in [0.717, 1.165) is 31.0 Å². The Bertz CT molecular complexity index is 1270. The van der Waals surface area contributed by atoms with Gasteiger partial charge in [-0.1, -0.05) is 0 Å². The van der Waals surface area contributed by atoms with Gasteiger partial charge in [0.05, 0.1) is 23.5 Å². The van der Waals surface area contributed by atoms with Crippen molar-refractivity contribution < 1.29 is 22.4 Å². The highest BCUT2D eigenvalue weighted by atomic mass is 19.4. The molecule has 2 aliphatic rings. The molecule has 2 atom stereocenters. The van der Waals surface area contributed by atoms with E-state index in [0.29, 0.717) is 25.2 Å². The lowest BCUT2D eigenvalue weighted by molar-refractivity contribution is -0.141. The van der Waals surface area contributed by atoms with E-state index in [2.05, 4.69) is 25.3 Å². The van der Waals surface area contributed by atoms with Gasteiger partial charge in [0.25, 0.3) is 5.91 Å². The minimum atomic E-state index is -4.57. The average Bonchev–Trinajstić information content (AvgIpc) is 3.42. The average molecular weight is 486 g/mol. The predicted molar refractivity (Wildman–Crippen MR) is 119 cm³/mol. The van der Waals surface area contributed by atoms with Crippen LogP contribution in [0.4, 0.5) is 23.4 Å².